The molecule has 1 heterocycles. The first-order valence-corrected chi connectivity index (χ1v) is 13.3. The number of nitrogens with one attached hydrogen (secondary N) is 1. The van der Waals surface area contributed by atoms with Crippen LogP contribution in [0.5, 0.6) is 0 Å². The molecule has 1 saturated heterocycles. The van der Waals surface area contributed by atoms with Crippen LogP contribution in [0.2, 0.25) is 5.02 Å². The number of likely N-dealkylation sites (tertiary alicyclic amines) is 1. The molecule has 3 aromatic rings. The van der Waals surface area contributed by atoms with Gasteiger partial charge < -0.3 is 15.2 Å². The molecule has 2 aliphatic rings. The molecule has 7 heteroatoms. The lowest BCUT2D eigenvalue weighted by molar-refractivity contribution is -0.132. The second kappa shape index (κ2) is 10.1. The number of benzene rings is 3. The van der Waals surface area contributed by atoms with Crippen molar-refractivity contribution in [2.45, 2.75) is 63.3 Å². The zero-order chi connectivity index (χ0) is 27.1. The van der Waals surface area contributed by atoms with Gasteiger partial charge in [-0.2, -0.15) is 0 Å². The van der Waals surface area contributed by atoms with Gasteiger partial charge in [0, 0.05) is 23.9 Å². The zero-order valence-corrected chi connectivity index (χ0v) is 22.7. The molecule has 6 nitrogen and oxygen atoms in total. The number of carbonyl (C=O) groups excluding carboxylic acids is 1. The molecule has 1 aliphatic carbocycles. The van der Waals surface area contributed by atoms with Gasteiger partial charge in [-0.25, -0.2) is 4.79 Å². The Morgan fingerprint density at radius 1 is 1.00 bits per heavy atom. The van der Waals surface area contributed by atoms with Crippen molar-refractivity contribution in [1.29, 1.82) is 0 Å². The number of hydrogen-bond donors (Lipinski definition) is 2. The van der Waals surface area contributed by atoms with E-state index in [4.69, 9.17) is 16.3 Å². The smallest absolute Gasteiger partial charge is 0.408 e. The lowest BCUT2D eigenvalue weighted by Crippen LogP contribution is -2.57. The Kier molecular flexibility index (Phi) is 6.97. The summed E-state index contributed by atoms with van der Waals surface area (Å²) in [6.45, 7) is 6.25. The molecule has 1 fully saturated rings. The van der Waals surface area contributed by atoms with Crippen LogP contribution in [0.15, 0.2) is 72.8 Å². The van der Waals surface area contributed by atoms with Crippen LogP contribution in [0.3, 0.4) is 0 Å². The first kappa shape index (κ1) is 26.3. The second-order valence-corrected chi connectivity index (χ2v) is 11.7. The van der Waals surface area contributed by atoms with E-state index < -0.39 is 23.3 Å². The van der Waals surface area contributed by atoms with E-state index in [0.717, 1.165) is 27.8 Å². The molecular weight excluding hydrogens is 500 g/mol. The maximum Gasteiger partial charge on any atom is 0.408 e. The van der Waals surface area contributed by atoms with Crippen molar-refractivity contribution in [1.82, 2.24) is 10.2 Å². The number of nitrogens with zero attached hydrogens (tertiary/aromatic N) is 1. The molecule has 0 saturated carbocycles. The van der Waals surface area contributed by atoms with Gasteiger partial charge in [0.15, 0.2) is 0 Å². The Bertz CT molecular complexity index is 1300. The predicted molar refractivity (Wildman–Crippen MR) is 148 cm³/mol. The number of rotatable bonds is 6. The van der Waals surface area contributed by atoms with Crippen LogP contribution >= 0.6 is 11.6 Å². The summed E-state index contributed by atoms with van der Waals surface area (Å²) in [6.07, 6.45) is -0.918. The molecule has 1 aliphatic heterocycles. The highest BCUT2D eigenvalue weighted by molar-refractivity contribution is 6.30. The van der Waals surface area contributed by atoms with Crippen molar-refractivity contribution < 1.29 is 19.4 Å². The summed E-state index contributed by atoms with van der Waals surface area (Å²) in [7, 11) is 0. The van der Waals surface area contributed by atoms with Gasteiger partial charge in [0.05, 0.1) is 18.2 Å². The van der Waals surface area contributed by atoms with Gasteiger partial charge in [-0.1, -0.05) is 72.3 Å². The average molecular weight is 533 g/mol. The van der Waals surface area contributed by atoms with Crippen molar-refractivity contribution in [3.63, 3.8) is 0 Å². The molecule has 5 rings (SSSR count). The van der Waals surface area contributed by atoms with E-state index in [0.29, 0.717) is 11.4 Å². The van der Waals surface area contributed by atoms with E-state index in [1.54, 1.807) is 12.1 Å². The van der Waals surface area contributed by atoms with E-state index in [1.165, 1.54) is 4.90 Å². The van der Waals surface area contributed by atoms with E-state index in [1.807, 2.05) is 57.2 Å². The molecule has 0 bridgehead atoms. The number of carboxylic acid groups (broad SMARTS) is 1. The van der Waals surface area contributed by atoms with Gasteiger partial charge in [0.25, 0.3) is 0 Å². The average Bonchev–Trinajstić information content (AvgIpc) is 3.39. The lowest BCUT2D eigenvalue weighted by Gasteiger charge is -2.37. The summed E-state index contributed by atoms with van der Waals surface area (Å²) in [5.74, 6) is -0.435. The Labute approximate surface area is 228 Å². The van der Waals surface area contributed by atoms with Crippen LogP contribution in [0.4, 0.5) is 4.79 Å². The third-order valence-corrected chi connectivity index (χ3v) is 7.76. The molecule has 0 spiro atoms. The quantitative estimate of drug-likeness (QED) is 0.381. The van der Waals surface area contributed by atoms with Crippen LogP contribution in [0, 0.1) is 0 Å². The summed E-state index contributed by atoms with van der Waals surface area (Å²) in [6, 6.07) is 23.6. The first-order valence-electron chi connectivity index (χ1n) is 13.0. The van der Waals surface area contributed by atoms with Gasteiger partial charge in [-0.3, -0.25) is 9.69 Å². The Morgan fingerprint density at radius 2 is 1.58 bits per heavy atom. The van der Waals surface area contributed by atoms with Crippen LogP contribution < -0.4 is 5.32 Å². The third kappa shape index (κ3) is 5.03. The van der Waals surface area contributed by atoms with Gasteiger partial charge in [0.1, 0.15) is 5.54 Å². The minimum absolute atomic E-state index is 0.126. The summed E-state index contributed by atoms with van der Waals surface area (Å²) in [5, 5.41) is 14.0. The van der Waals surface area contributed by atoms with Crippen molar-refractivity contribution in [3.8, 4) is 11.1 Å². The van der Waals surface area contributed by atoms with Crippen molar-refractivity contribution in [2.24, 2.45) is 0 Å². The van der Waals surface area contributed by atoms with Crippen molar-refractivity contribution in [2.75, 3.05) is 6.54 Å². The van der Waals surface area contributed by atoms with Crippen LogP contribution in [-0.2, 0) is 16.1 Å². The third-order valence-electron chi connectivity index (χ3n) is 7.51. The minimum atomic E-state index is -1.30. The normalized spacial score (nSPS) is 20.7. The van der Waals surface area contributed by atoms with E-state index in [2.05, 4.69) is 29.6 Å². The number of hydrogen-bond acceptors (Lipinski definition) is 3. The highest BCUT2D eigenvalue weighted by atomic mass is 35.5. The second-order valence-electron chi connectivity index (χ2n) is 11.2. The van der Waals surface area contributed by atoms with Crippen molar-refractivity contribution in [3.05, 3.63) is 94.5 Å². The Balaban J connectivity index is 1.54. The predicted octanol–water partition coefficient (Wildman–Crippen LogP) is 6.47. The van der Waals surface area contributed by atoms with Crippen molar-refractivity contribution >= 4 is 23.6 Å². The molecule has 0 aromatic heterocycles. The molecule has 0 unspecified atom stereocenters. The Hall–Kier alpha value is -3.35. The molecule has 38 heavy (non-hydrogen) atoms. The standard InChI is InChI=1S/C31H33ClN2O4/c1-30(2,3)38-22-16-31(34(19-22)29(36)37,28(35)33-18-20-12-14-21(32)15-13-20)17-27-25-10-6-4-8-23(25)24-9-5-7-11-26(24)27/h4-15,22,27H,16-19H2,1-3H3,(H,33,35)(H,36,37)/t22-,31-/m1/s1. The summed E-state index contributed by atoms with van der Waals surface area (Å²) in [5.41, 5.74) is 3.60. The minimum Gasteiger partial charge on any atom is -0.465 e. The summed E-state index contributed by atoms with van der Waals surface area (Å²) in [4.78, 5) is 28.1. The molecule has 2 N–H and O–H groups in total. The van der Waals surface area contributed by atoms with Gasteiger partial charge in [-0.15, -0.1) is 0 Å². The van der Waals surface area contributed by atoms with E-state index in [9.17, 15) is 14.7 Å². The fourth-order valence-corrected chi connectivity index (χ4v) is 6.16. The number of amides is 2. The monoisotopic (exact) mass is 532 g/mol. The van der Waals surface area contributed by atoms with Gasteiger partial charge in [0.2, 0.25) is 5.91 Å². The number of halogens is 1. The first-order chi connectivity index (χ1) is 18.1. The zero-order valence-electron chi connectivity index (χ0n) is 21.9. The van der Waals surface area contributed by atoms with Crippen LogP contribution in [-0.4, -0.2) is 45.8 Å². The highest BCUT2D eigenvalue weighted by Gasteiger charge is 2.56. The number of ether oxygens (including phenoxy) is 1. The fraction of sp³-hybridized carbons (Fsp3) is 0.355. The summed E-state index contributed by atoms with van der Waals surface area (Å²) >= 11 is 6.03. The molecule has 0 radical (unpaired) electrons. The largest absolute Gasteiger partial charge is 0.465 e. The van der Waals surface area contributed by atoms with Crippen LogP contribution in [0.1, 0.15) is 56.2 Å². The maximum atomic E-state index is 14.1. The number of carbonyl (C=O) groups is 2. The molecular formula is C31H33ClN2O4. The van der Waals surface area contributed by atoms with E-state index in [-0.39, 0.29) is 31.3 Å². The van der Waals surface area contributed by atoms with Gasteiger partial charge in [-0.05, 0) is 67.1 Å². The summed E-state index contributed by atoms with van der Waals surface area (Å²) < 4.78 is 6.26. The highest BCUT2D eigenvalue weighted by Crippen LogP contribution is 2.50. The van der Waals surface area contributed by atoms with Crippen LogP contribution in [0.25, 0.3) is 11.1 Å². The fourth-order valence-electron chi connectivity index (χ4n) is 6.04. The molecule has 2 atom stereocenters. The topological polar surface area (TPSA) is 78.9 Å². The number of fused-ring (bicyclic) bond motifs is 3. The maximum absolute atomic E-state index is 14.1. The van der Waals surface area contributed by atoms with Gasteiger partial charge >= 0.3 is 6.09 Å². The Morgan fingerprint density at radius 3 is 2.13 bits per heavy atom. The molecule has 2 amide bonds. The molecule has 3 aromatic carbocycles. The molecule has 198 valence electrons. The lowest BCUT2D eigenvalue weighted by atomic mass is 9.79. The van der Waals surface area contributed by atoms with E-state index >= 15 is 0 Å². The SMILES string of the molecule is CC(C)(C)O[C@H]1CN(C(=O)O)[C@](CC2c3ccccc3-c3ccccc32)(C(=O)NCc2ccc(Cl)cc2)C1.